The number of hydrogen-bond donors (Lipinski definition) is 1. The first-order valence-electron chi connectivity index (χ1n) is 9.82. The SMILES string of the molecule is CCCCCCC(=O)N1CCc2c(sc(NC(=O)c3ccccc3)c2C#N)C1. The summed E-state index contributed by atoms with van der Waals surface area (Å²) in [7, 11) is 0. The Morgan fingerprint density at radius 2 is 2.00 bits per heavy atom. The number of fused-ring (bicyclic) bond motifs is 1. The molecule has 0 aliphatic carbocycles. The summed E-state index contributed by atoms with van der Waals surface area (Å²) in [6.07, 6.45) is 5.60. The molecular weight excluding hydrogens is 370 g/mol. The molecular formula is C22H25N3O2S. The van der Waals surface area contributed by atoms with Crippen LogP contribution in [0, 0.1) is 11.3 Å². The van der Waals surface area contributed by atoms with Gasteiger partial charge >= 0.3 is 0 Å². The van der Waals surface area contributed by atoms with Gasteiger partial charge in [0.1, 0.15) is 11.1 Å². The van der Waals surface area contributed by atoms with E-state index >= 15 is 0 Å². The van der Waals surface area contributed by atoms with E-state index in [0.29, 0.717) is 42.1 Å². The van der Waals surface area contributed by atoms with Crippen molar-refractivity contribution in [3.63, 3.8) is 0 Å². The van der Waals surface area contributed by atoms with Crippen molar-refractivity contribution >= 4 is 28.2 Å². The predicted octanol–water partition coefficient (Wildman–Crippen LogP) is 4.73. The zero-order valence-electron chi connectivity index (χ0n) is 16.2. The van der Waals surface area contributed by atoms with E-state index in [9.17, 15) is 14.9 Å². The van der Waals surface area contributed by atoms with E-state index in [-0.39, 0.29) is 11.8 Å². The quantitative estimate of drug-likeness (QED) is 0.689. The lowest BCUT2D eigenvalue weighted by atomic mass is 10.0. The number of amides is 2. The Morgan fingerprint density at radius 1 is 1.21 bits per heavy atom. The number of hydrogen-bond acceptors (Lipinski definition) is 4. The Balaban J connectivity index is 1.69. The van der Waals surface area contributed by atoms with Crippen LogP contribution in [0.5, 0.6) is 0 Å². The van der Waals surface area contributed by atoms with Gasteiger partial charge in [0, 0.05) is 23.4 Å². The van der Waals surface area contributed by atoms with Crippen LogP contribution in [0.2, 0.25) is 0 Å². The summed E-state index contributed by atoms with van der Waals surface area (Å²) in [5.74, 6) is -0.0388. The number of carbonyl (C=O) groups is 2. The Labute approximate surface area is 170 Å². The third-order valence-electron chi connectivity index (χ3n) is 5.03. The minimum absolute atomic E-state index is 0.184. The van der Waals surface area contributed by atoms with Gasteiger partial charge in [0.05, 0.1) is 12.1 Å². The van der Waals surface area contributed by atoms with E-state index in [1.165, 1.54) is 17.8 Å². The molecule has 0 radical (unpaired) electrons. The molecule has 1 N–H and O–H groups in total. The molecule has 28 heavy (non-hydrogen) atoms. The number of unbranched alkanes of at least 4 members (excludes halogenated alkanes) is 3. The van der Waals surface area contributed by atoms with E-state index in [2.05, 4.69) is 18.3 Å². The number of thiophene rings is 1. The van der Waals surface area contributed by atoms with Crippen molar-refractivity contribution in [3.05, 3.63) is 51.9 Å². The molecule has 1 aromatic carbocycles. The fourth-order valence-electron chi connectivity index (χ4n) is 3.45. The third kappa shape index (κ3) is 4.60. The molecule has 0 spiro atoms. The number of nitrogens with zero attached hydrogens (tertiary/aromatic N) is 2. The summed E-state index contributed by atoms with van der Waals surface area (Å²) in [5, 5.41) is 13.1. The average Bonchev–Trinajstić information content (AvgIpc) is 3.07. The van der Waals surface area contributed by atoms with Crippen LogP contribution in [0.15, 0.2) is 30.3 Å². The minimum Gasteiger partial charge on any atom is -0.337 e. The lowest BCUT2D eigenvalue weighted by Gasteiger charge is -2.27. The first-order chi connectivity index (χ1) is 13.6. The number of anilines is 1. The molecule has 2 aromatic rings. The molecule has 1 aromatic heterocycles. The van der Waals surface area contributed by atoms with E-state index in [1.54, 1.807) is 12.1 Å². The highest BCUT2D eigenvalue weighted by molar-refractivity contribution is 7.16. The average molecular weight is 396 g/mol. The van der Waals surface area contributed by atoms with E-state index in [4.69, 9.17) is 0 Å². The molecule has 146 valence electrons. The lowest BCUT2D eigenvalue weighted by Crippen LogP contribution is -2.35. The van der Waals surface area contributed by atoms with Crippen molar-refractivity contribution in [1.82, 2.24) is 4.90 Å². The maximum Gasteiger partial charge on any atom is 0.256 e. The molecule has 1 aliphatic rings. The predicted molar refractivity (Wildman–Crippen MR) is 111 cm³/mol. The second-order valence-corrected chi connectivity index (χ2v) is 8.12. The van der Waals surface area contributed by atoms with E-state index < -0.39 is 0 Å². The molecule has 2 heterocycles. The maximum absolute atomic E-state index is 12.5. The van der Waals surface area contributed by atoms with Crippen molar-refractivity contribution < 1.29 is 9.59 Å². The molecule has 0 atom stereocenters. The number of carbonyl (C=O) groups excluding carboxylic acids is 2. The van der Waals surface area contributed by atoms with E-state index in [0.717, 1.165) is 29.7 Å². The molecule has 3 rings (SSSR count). The van der Waals surface area contributed by atoms with E-state index in [1.807, 2.05) is 23.1 Å². The van der Waals surface area contributed by atoms with Crippen LogP contribution >= 0.6 is 11.3 Å². The molecule has 0 unspecified atom stereocenters. The topological polar surface area (TPSA) is 73.2 Å². The van der Waals surface area contributed by atoms with Crippen molar-refractivity contribution in [2.45, 2.75) is 52.0 Å². The van der Waals surface area contributed by atoms with Gasteiger partial charge in [0.2, 0.25) is 5.91 Å². The summed E-state index contributed by atoms with van der Waals surface area (Å²) < 4.78 is 0. The standard InChI is InChI=1S/C22H25N3O2S/c1-2-3-4-8-11-20(26)25-13-12-17-18(14-23)22(28-19(17)15-25)24-21(27)16-9-6-5-7-10-16/h5-7,9-10H,2-4,8,11-13,15H2,1H3,(H,24,27). The largest absolute Gasteiger partial charge is 0.337 e. The highest BCUT2D eigenvalue weighted by Crippen LogP contribution is 2.37. The normalized spacial score (nSPS) is 12.9. The van der Waals surface area contributed by atoms with Gasteiger partial charge in [-0.1, -0.05) is 44.4 Å². The van der Waals surface area contributed by atoms with Gasteiger partial charge in [-0.2, -0.15) is 5.26 Å². The molecule has 2 amide bonds. The molecule has 1 aliphatic heterocycles. The van der Waals surface area contributed by atoms with Crippen molar-refractivity contribution in [2.24, 2.45) is 0 Å². The number of nitriles is 1. The Kier molecular flexibility index (Phi) is 6.83. The number of nitrogens with one attached hydrogen (secondary N) is 1. The zero-order chi connectivity index (χ0) is 19.9. The first kappa shape index (κ1) is 20.1. The van der Waals surface area contributed by atoms with Crippen molar-refractivity contribution in [3.8, 4) is 6.07 Å². The smallest absolute Gasteiger partial charge is 0.256 e. The van der Waals surface area contributed by atoms with Crippen LogP contribution in [-0.4, -0.2) is 23.3 Å². The second kappa shape index (κ2) is 9.52. The fourth-order valence-corrected chi connectivity index (χ4v) is 4.66. The van der Waals surface area contributed by atoms with Gasteiger partial charge < -0.3 is 10.2 Å². The van der Waals surface area contributed by atoms with Gasteiger partial charge in [-0.3, -0.25) is 9.59 Å². The summed E-state index contributed by atoms with van der Waals surface area (Å²) in [4.78, 5) is 27.8. The van der Waals surface area contributed by atoms with Crippen LogP contribution < -0.4 is 5.32 Å². The summed E-state index contributed by atoms with van der Waals surface area (Å²) in [6, 6.07) is 11.2. The Hall–Kier alpha value is -2.65. The molecule has 0 saturated carbocycles. The van der Waals surface area contributed by atoms with Crippen LogP contribution in [0.25, 0.3) is 0 Å². The van der Waals surface area contributed by atoms with Crippen molar-refractivity contribution in [1.29, 1.82) is 5.26 Å². The Morgan fingerprint density at radius 3 is 2.71 bits per heavy atom. The molecule has 0 saturated heterocycles. The highest BCUT2D eigenvalue weighted by atomic mass is 32.1. The van der Waals surface area contributed by atoms with Crippen LogP contribution in [0.3, 0.4) is 0 Å². The maximum atomic E-state index is 12.5. The van der Waals surface area contributed by atoms with Crippen LogP contribution in [0.1, 0.15) is 65.4 Å². The number of benzene rings is 1. The summed E-state index contributed by atoms with van der Waals surface area (Å²) in [5.41, 5.74) is 2.08. The first-order valence-corrected chi connectivity index (χ1v) is 10.6. The second-order valence-electron chi connectivity index (χ2n) is 7.02. The lowest BCUT2D eigenvalue weighted by molar-refractivity contribution is -0.132. The van der Waals surface area contributed by atoms with Gasteiger partial charge in [0.15, 0.2) is 0 Å². The zero-order valence-corrected chi connectivity index (χ0v) is 17.0. The van der Waals surface area contributed by atoms with Gasteiger partial charge in [0.25, 0.3) is 5.91 Å². The van der Waals surface area contributed by atoms with Gasteiger partial charge in [-0.05, 0) is 30.5 Å². The summed E-state index contributed by atoms with van der Waals surface area (Å²) >= 11 is 1.41. The summed E-state index contributed by atoms with van der Waals surface area (Å²) in [6.45, 7) is 3.32. The highest BCUT2D eigenvalue weighted by Gasteiger charge is 2.27. The van der Waals surface area contributed by atoms with Gasteiger partial charge in [-0.25, -0.2) is 0 Å². The van der Waals surface area contributed by atoms with Crippen LogP contribution in [-0.2, 0) is 17.8 Å². The third-order valence-corrected chi connectivity index (χ3v) is 6.16. The molecule has 0 fully saturated rings. The minimum atomic E-state index is -0.223. The number of rotatable bonds is 7. The van der Waals surface area contributed by atoms with Gasteiger partial charge in [-0.15, -0.1) is 11.3 Å². The molecule has 5 nitrogen and oxygen atoms in total. The molecule has 0 bridgehead atoms. The molecule has 6 heteroatoms. The Bertz CT molecular complexity index is 883. The fraction of sp³-hybridized carbons (Fsp3) is 0.409. The van der Waals surface area contributed by atoms with Crippen molar-refractivity contribution in [2.75, 3.05) is 11.9 Å². The monoisotopic (exact) mass is 395 g/mol. The van der Waals surface area contributed by atoms with Crippen LogP contribution in [0.4, 0.5) is 5.00 Å².